The van der Waals surface area contributed by atoms with E-state index < -0.39 is 0 Å². The molecular formula is C33H36N4O4S. The fraction of sp³-hybridized carbons (Fsp3) is 0.303. The third-order valence-corrected chi connectivity index (χ3v) is 8.67. The van der Waals surface area contributed by atoms with Crippen molar-refractivity contribution in [3.8, 4) is 28.4 Å². The zero-order valence-corrected chi connectivity index (χ0v) is 25.4. The Labute approximate surface area is 251 Å². The van der Waals surface area contributed by atoms with E-state index in [0.717, 1.165) is 40.1 Å². The van der Waals surface area contributed by atoms with E-state index in [1.165, 1.54) is 11.8 Å². The summed E-state index contributed by atoms with van der Waals surface area (Å²) >= 11 is 1.52. The second-order valence-electron chi connectivity index (χ2n) is 10.4. The van der Waals surface area contributed by atoms with Gasteiger partial charge in [0.2, 0.25) is 11.8 Å². The Morgan fingerprint density at radius 3 is 2.50 bits per heavy atom. The lowest BCUT2D eigenvalue weighted by Crippen LogP contribution is -2.44. The normalized spacial score (nSPS) is 15.5. The van der Waals surface area contributed by atoms with E-state index in [1.54, 1.807) is 19.1 Å². The van der Waals surface area contributed by atoms with Crippen LogP contribution < -0.4 is 19.7 Å². The third kappa shape index (κ3) is 5.87. The summed E-state index contributed by atoms with van der Waals surface area (Å²) in [5.41, 5.74) is 5.35. The van der Waals surface area contributed by atoms with Crippen LogP contribution in [0.15, 0.2) is 72.8 Å². The Morgan fingerprint density at radius 1 is 1.05 bits per heavy atom. The van der Waals surface area contributed by atoms with Gasteiger partial charge in [-0.2, -0.15) is 5.10 Å². The number of rotatable bonds is 9. The Bertz CT molecular complexity index is 1590. The van der Waals surface area contributed by atoms with Crippen LogP contribution in [-0.4, -0.2) is 54.2 Å². The first-order valence-corrected chi connectivity index (χ1v) is 15.1. The van der Waals surface area contributed by atoms with E-state index in [0.29, 0.717) is 17.3 Å². The highest BCUT2D eigenvalue weighted by molar-refractivity contribution is 8.00. The lowest BCUT2D eigenvalue weighted by Gasteiger charge is -2.24. The molecule has 1 aliphatic heterocycles. The monoisotopic (exact) mass is 584 g/mol. The maximum atomic E-state index is 13.9. The van der Waals surface area contributed by atoms with Gasteiger partial charge in [-0.3, -0.25) is 14.5 Å². The molecule has 1 N–H and O–H groups in total. The Morgan fingerprint density at radius 2 is 1.81 bits per heavy atom. The summed E-state index contributed by atoms with van der Waals surface area (Å²) in [6.07, 6.45) is 0.793. The third-order valence-electron chi connectivity index (χ3n) is 7.41. The molecule has 1 aliphatic rings. The second-order valence-corrected chi connectivity index (χ2v) is 11.5. The Hall–Kier alpha value is -4.24. The van der Waals surface area contributed by atoms with E-state index in [2.05, 4.69) is 5.32 Å². The van der Waals surface area contributed by atoms with Crippen molar-refractivity contribution >= 4 is 29.4 Å². The molecule has 2 amide bonds. The molecule has 218 valence electrons. The fourth-order valence-electron chi connectivity index (χ4n) is 5.11. The van der Waals surface area contributed by atoms with Gasteiger partial charge in [0.1, 0.15) is 12.4 Å². The molecule has 9 heteroatoms. The number of carbonyl (C=O) groups is 2. The standard InChI is InChI=1S/C33H36N4O4S/c1-6-22(3)34-28(38)19-36-29(39)20-42-32(24-15-16-26(40-4)27(18-24)41-5)30-31(23-12-8-7-9-13-23)35-37(33(30)36)25-14-10-11-21(2)17-25/h7-18,22,32H,6,19-20H2,1-5H3,(H,34,38)/t22-,32+/m1/s1. The van der Waals surface area contributed by atoms with Crippen LogP contribution in [0.1, 0.15) is 42.2 Å². The van der Waals surface area contributed by atoms with Gasteiger partial charge in [0.05, 0.1) is 36.6 Å². The molecular weight excluding hydrogens is 548 g/mol. The summed E-state index contributed by atoms with van der Waals surface area (Å²) in [5.74, 6) is 1.64. The summed E-state index contributed by atoms with van der Waals surface area (Å²) in [7, 11) is 3.22. The predicted octanol–water partition coefficient (Wildman–Crippen LogP) is 5.95. The number of hydrogen-bond donors (Lipinski definition) is 1. The van der Waals surface area contributed by atoms with Crippen molar-refractivity contribution in [3.05, 3.63) is 89.5 Å². The van der Waals surface area contributed by atoms with Crippen molar-refractivity contribution in [2.24, 2.45) is 0 Å². The number of anilines is 1. The molecule has 0 aliphatic carbocycles. The van der Waals surface area contributed by atoms with E-state index in [4.69, 9.17) is 14.6 Å². The van der Waals surface area contributed by atoms with Crippen molar-refractivity contribution in [2.75, 3.05) is 31.4 Å². The number of benzene rings is 3. The number of aromatic nitrogens is 2. The average Bonchev–Trinajstić information content (AvgIpc) is 3.33. The van der Waals surface area contributed by atoms with Crippen LogP contribution in [-0.2, 0) is 9.59 Å². The summed E-state index contributed by atoms with van der Waals surface area (Å²) < 4.78 is 13.0. The van der Waals surface area contributed by atoms with Gasteiger partial charge in [0, 0.05) is 17.2 Å². The van der Waals surface area contributed by atoms with Gasteiger partial charge in [-0.15, -0.1) is 11.8 Å². The first-order valence-electron chi connectivity index (χ1n) is 14.0. The number of thioether (sulfide) groups is 1. The molecule has 42 heavy (non-hydrogen) atoms. The van der Waals surface area contributed by atoms with Gasteiger partial charge in [0.15, 0.2) is 11.5 Å². The molecule has 2 heterocycles. The van der Waals surface area contributed by atoms with Crippen LogP contribution >= 0.6 is 11.8 Å². The van der Waals surface area contributed by atoms with E-state index in [-0.39, 0.29) is 35.4 Å². The van der Waals surface area contributed by atoms with Crippen molar-refractivity contribution in [2.45, 2.75) is 38.5 Å². The number of hydrogen-bond acceptors (Lipinski definition) is 6. The summed E-state index contributed by atoms with van der Waals surface area (Å²) in [6, 6.07) is 23.8. The molecule has 0 fully saturated rings. The van der Waals surface area contributed by atoms with Crippen molar-refractivity contribution < 1.29 is 19.1 Å². The topological polar surface area (TPSA) is 85.7 Å². The summed E-state index contributed by atoms with van der Waals surface area (Å²) in [6.45, 7) is 5.89. The number of carbonyl (C=O) groups excluding carboxylic acids is 2. The van der Waals surface area contributed by atoms with Crippen LogP contribution in [0.25, 0.3) is 16.9 Å². The smallest absolute Gasteiger partial charge is 0.240 e. The highest BCUT2D eigenvalue weighted by atomic mass is 32.2. The molecule has 0 bridgehead atoms. The first-order chi connectivity index (χ1) is 20.3. The highest BCUT2D eigenvalue weighted by Gasteiger charge is 2.38. The van der Waals surface area contributed by atoms with Crippen molar-refractivity contribution in [1.82, 2.24) is 15.1 Å². The SMILES string of the molecule is CC[C@@H](C)NC(=O)CN1C(=O)CS[C@@H](c2ccc(OC)c(OC)c2)c2c(-c3ccccc3)nn(-c3cccc(C)c3)c21. The number of amides is 2. The number of nitrogens with one attached hydrogen (secondary N) is 1. The van der Waals surface area contributed by atoms with E-state index in [1.807, 2.05) is 98.2 Å². The molecule has 8 nitrogen and oxygen atoms in total. The zero-order valence-electron chi connectivity index (χ0n) is 24.6. The van der Waals surface area contributed by atoms with Crippen molar-refractivity contribution in [1.29, 1.82) is 0 Å². The highest BCUT2D eigenvalue weighted by Crippen LogP contribution is 2.49. The van der Waals surface area contributed by atoms with Crippen LogP contribution in [0.3, 0.4) is 0 Å². The van der Waals surface area contributed by atoms with Crippen LogP contribution in [0.4, 0.5) is 5.82 Å². The van der Waals surface area contributed by atoms with Gasteiger partial charge in [0.25, 0.3) is 0 Å². The van der Waals surface area contributed by atoms with Crippen LogP contribution in [0, 0.1) is 6.92 Å². The molecule has 0 unspecified atom stereocenters. The van der Waals surface area contributed by atoms with Gasteiger partial charge in [-0.05, 0) is 55.7 Å². The molecule has 3 aromatic carbocycles. The van der Waals surface area contributed by atoms with E-state index in [9.17, 15) is 9.59 Å². The second kappa shape index (κ2) is 12.7. The lowest BCUT2D eigenvalue weighted by molar-refractivity contribution is -0.123. The van der Waals surface area contributed by atoms with Gasteiger partial charge < -0.3 is 14.8 Å². The summed E-state index contributed by atoms with van der Waals surface area (Å²) in [4.78, 5) is 28.8. The molecule has 5 rings (SSSR count). The fourth-order valence-corrected chi connectivity index (χ4v) is 6.30. The van der Waals surface area contributed by atoms with Crippen LogP contribution in [0.5, 0.6) is 11.5 Å². The van der Waals surface area contributed by atoms with E-state index >= 15 is 0 Å². The number of nitrogens with zero attached hydrogens (tertiary/aromatic N) is 3. The van der Waals surface area contributed by atoms with Gasteiger partial charge >= 0.3 is 0 Å². The maximum absolute atomic E-state index is 13.9. The first kappa shape index (κ1) is 29.3. The minimum absolute atomic E-state index is 0.00509. The van der Waals surface area contributed by atoms with Gasteiger partial charge in [-0.25, -0.2) is 4.68 Å². The quantitative estimate of drug-likeness (QED) is 0.262. The maximum Gasteiger partial charge on any atom is 0.240 e. The van der Waals surface area contributed by atoms with Crippen LogP contribution in [0.2, 0.25) is 0 Å². The zero-order chi connectivity index (χ0) is 29.8. The molecule has 0 radical (unpaired) electrons. The minimum Gasteiger partial charge on any atom is -0.493 e. The predicted molar refractivity (Wildman–Crippen MR) is 168 cm³/mol. The average molecular weight is 585 g/mol. The molecule has 0 spiro atoms. The Balaban J connectivity index is 1.79. The Kier molecular flexibility index (Phi) is 8.87. The molecule has 0 saturated heterocycles. The van der Waals surface area contributed by atoms with Gasteiger partial charge in [-0.1, -0.05) is 55.5 Å². The molecule has 2 atom stereocenters. The molecule has 4 aromatic rings. The lowest BCUT2D eigenvalue weighted by atomic mass is 9.99. The number of fused-ring (bicyclic) bond motifs is 1. The minimum atomic E-state index is -0.278. The molecule has 0 saturated carbocycles. The number of aryl methyl sites for hydroxylation is 1. The molecule has 1 aromatic heterocycles. The number of methoxy groups -OCH3 is 2. The number of ether oxygens (including phenoxy) is 2. The largest absolute Gasteiger partial charge is 0.493 e. The summed E-state index contributed by atoms with van der Waals surface area (Å²) in [5, 5.41) is 7.91. The van der Waals surface area contributed by atoms with Crippen molar-refractivity contribution in [3.63, 3.8) is 0 Å².